The van der Waals surface area contributed by atoms with Gasteiger partial charge in [-0.1, -0.05) is 176 Å². The molecule has 0 N–H and O–H groups in total. The van der Waals surface area contributed by atoms with Crippen molar-refractivity contribution >= 4 is 58.5 Å². The third-order valence-corrected chi connectivity index (χ3v) is 10.0. The van der Waals surface area contributed by atoms with E-state index in [0.29, 0.717) is 0 Å². The Hall–Kier alpha value is -4.37. The molecule has 0 fully saturated rings. The third-order valence-electron chi connectivity index (χ3n) is 8.71. The highest BCUT2D eigenvalue weighted by Gasteiger charge is 2.18. The highest BCUT2D eigenvalue weighted by atomic mass is 79.9. The van der Waals surface area contributed by atoms with Gasteiger partial charge in [0, 0.05) is 8.95 Å². The summed E-state index contributed by atoms with van der Waals surface area (Å²) in [6.07, 6.45) is 0. The van der Waals surface area contributed by atoms with Crippen LogP contribution in [0.4, 0.5) is 0 Å². The topological polar surface area (TPSA) is 0 Å². The Labute approximate surface area is 290 Å². The van der Waals surface area contributed by atoms with Crippen LogP contribution >= 0.6 is 31.9 Å². The Kier molecular flexibility index (Phi) is 8.67. The first-order valence-corrected chi connectivity index (χ1v) is 17.1. The highest BCUT2D eigenvalue weighted by Crippen LogP contribution is 2.42. The van der Waals surface area contributed by atoms with Gasteiger partial charge in [0.2, 0.25) is 0 Å². The molecule has 0 aromatic heterocycles. The average molecular weight is 716 g/mol. The molecule has 0 saturated carbocycles. The lowest BCUT2D eigenvalue weighted by Gasteiger charge is -2.20. The maximum Gasteiger partial charge on any atom is 0.140 e. The van der Waals surface area contributed by atoms with Crippen molar-refractivity contribution in [1.29, 1.82) is 0 Å². The summed E-state index contributed by atoms with van der Waals surface area (Å²) in [4.78, 5) is 0. The lowest BCUT2D eigenvalue weighted by atomic mass is 9.78. The van der Waals surface area contributed by atoms with E-state index in [1.165, 1.54) is 77.7 Å². The number of benzene rings is 7. The summed E-state index contributed by atoms with van der Waals surface area (Å²) in [7, 11) is 4.44. The number of halogens is 2. The van der Waals surface area contributed by atoms with Crippen LogP contribution in [0.2, 0.25) is 0 Å². The lowest BCUT2D eigenvalue weighted by Crippen LogP contribution is -2.13. The summed E-state index contributed by atoms with van der Waals surface area (Å²) in [6, 6.07) is 56.6. The minimum absolute atomic E-state index is 1.07. The molecule has 0 unspecified atom stereocenters. The smallest absolute Gasteiger partial charge is 0.0806 e. The molecule has 0 saturated heterocycles. The molecule has 0 spiro atoms. The molecule has 0 atom stereocenters. The number of rotatable bonds is 6. The molecule has 0 aliphatic rings. The van der Waals surface area contributed by atoms with Crippen molar-refractivity contribution < 1.29 is 0 Å². The fourth-order valence-corrected chi connectivity index (χ4v) is 7.50. The van der Waals surface area contributed by atoms with Crippen LogP contribution in [-0.4, -0.2) is 15.7 Å². The SMILES string of the molecule is Bc1cc(-c2cc(-c3ccccc3)c(-c3ccccc3)cc2B)c(Br)cc1-c1cc(-c2ccccc2)c(-c2ccccc2)cc1Br. The Bertz CT molecular complexity index is 2000. The normalized spacial score (nSPS) is 11.0. The van der Waals surface area contributed by atoms with Gasteiger partial charge < -0.3 is 0 Å². The molecule has 0 heterocycles. The molecule has 7 aromatic rings. The van der Waals surface area contributed by atoms with Crippen molar-refractivity contribution in [3.63, 3.8) is 0 Å². The van der Waals surface area contributed by atoms with Gasteiger partial charge in [-0.2, -0.15) is 0 Å². The zero-order valence-corrected chi connectivity index (χ0v) is 28.9. The molecule has 0 amide bonds. The van der Waals surface area contributed by atoms with E-state index in [-0.39, 0.29) is 0 Å². The minimum atomic E-state index is 1.07. The maximum absolute atomic E-state index is 4.02. The van der Waals surface area contributed by atoms with Crippen LogP contribution < -0.4 is 10.9 Å². The molecule has 0 bridgehead atoms. The predicted molar refractivity (Wildman–Crippen MR) is 211 cm³/mol. The summed E-state index contributed by atoms with van der Waals surface area (Å²) in [5.41, 5.74) is 17.0. The van der Waals surface area contributed by atoms with Gasteiger partial charge in [-0.05, 0) is 91.0 Å². The Morgan fingerprint density at radius 3 is 0.957 bits per heavy atom. The second-order valence-electron chi connectivity index (χ2n) is 11.7. The summed E-state index contributed by atoms with van der Waals surface area (Å²) in [5.74, 6) is 0. The molecule has 0 aliphatic carbocycles. The van der Waals surface area contributed by atoms with Gasteiger partial charge >= 0.3 is 0 Å². The van der Waals surface area contributed by atoms with E-state index in [0.717, 1.165) is 8.95 Å². The maximum atomic E-state index is 4.02. The predicted octanol–water partition coefficient (Wildman–Crippen LogP) is 9.73. The van der Waals surface area contributed by atoms with Gasteiger partial charge in [0.1, 0.15) is 15.7 Å². The van der Waals surface area contributed by atoms with Crippen molar-refractivity contribution in [2.45, 2.75) is 0 Å². The van der Waals surface area contributed by atoms with Gasteiger partial charge in [-0.25, -0.2) is 0 Å². The second kappa shape index (κ2) is 13.2. The van der Waals surface area contributed by atoms with E-state index in [9.17, 15) is 0 Å². The second-order valence-corrected chi connectivity index (χ2v) is 13.4. The van der Waals surface area contributed by atoms with Crippen LogP contribution in [-0.2, 0) is 0 Å². The van der Waals surface area contributed by atoms with Crippen LogP contribution in [0.5, 0.6) is 0 Å². The summed E-state index contributed by atoms with van der Waals surface area (Å²) < 4.78 is 2.14. The molecule has 0 aliphatic heterocycles. The Morgan fingerprint density at radius 1 is 0.283 bits per heavy atom. The molecule has 7 aromatic carbocycles. The molecular formula is C42H30B2Br2. The standard InChI is InChI=1S/C42H30B2Br2/c43-39-23-33(29-17-9-3-10-18-29)31(27-13-5-1-6-14-27)21-35(39)38-24-40(44)36(26-42(38)46)37-22-32(28-15-7-2-8-16-28)34(25-41(37)45)30-19-11-4-12-20-30/h1-26H,43-44H2. The first-order chi connectivity index (χ1) is 22.5. The highest BCUT2D eigenvalue weighted by molar-refractivity contribution is 9.11. The van der Waals surface area contributed by atoms with Crippen molar-refractivity contribution in [2.75, 3.05) is 0 Å². The molecule has 7 rings (SSSR count). The van der Waals surface area contributed by atoms with E-state index in [4.69, 9.17) is 0 Å². The zero-order chi connectivity index (χ0) is 31.6. The first kappa shape index (κ1) is 30.3. The Morgan fingerprint density at radius 2 is 0.543 bits per heavy atom. The van der Waals surface area contributed by atoms with Crippen LogP contribution in [0.1, 0.15) is 0 Å². The van der Waals surface area contributed by atoms with Gasteiger partial charge in [0.05, 0.1) is 0 Å². The number of hydrogen-bond acceptors (Lipinski definition) is 0. The lowest BCUT2D eigenvalue weighted by molar-refractivity contribution is 1.54. The summed E-state index contributed by atoms with van der Waals surface area (Å²) in [6.45, 7) is 0. The molecule has 0 radical (unpaired) electrons. The summed E-state index contributed by atoms with van der Waals surface area (Å²) in [5, 5.41) is 0. The van der Waals surface area contributed by atoms with Crippen LogP contribution in [0.25, 0.3) is 66.8 Å². The Balaban J connectivity index is 1.38. The van der Waals surface area contributed by atoms with Gasteiger partial charge in [0.25, 0.3) is 0 Å². The van der Waals surface area contributed by atoms with Crippen LogP contribution in [0.3, 0.4) is 0 Å². The molecule has 218 valence electrons. The quantitative estimate of drug-likeness (QED) is 0.151. The van der Waals surface area contributed by atoms with Gasteiger partial charge in [-0.3, -0.25) is 0 Å². The van der Waals surface area contributed by atoms with Crippen molar-refractivity contribution in [1.82, 2.24) is 0 Å². The number of hydrogen-bond donors (Lipinski definition) is 0. The van der Waals surface area contributed by atoms with Crippen molar-refractivity contribution in [3.05, 3.63) is 167 Å². The monoisotopic (exact) mass is 714 g/mol. The minimum Gasteiger partial charge on any atom is -0.0806 e. The van der Waals surface area contributed by atoms with E-state index >= 15 is 0 Å². The first-order valence-electron chi connectivity index (χ1n) is 15.5. The van der Waals surface area contributed by atoms with Crippen molar-refractivity contribution in [2.24, 2.45) is 0 Å². The van der Waals surface area contributed by atoms with Gasteiger partial charge in [0.15, 0.2) is 0 Å². The zero-order valence-electron chi connectivity index (χ0n) is 25.8. The van der Waals surface area contributed by atoms with Crippen LogP contribution in [0.15, 0.2) is 167 Å². The summed E-state index contributed by atoms with van der Waals surface area (Å²) >= 11 is 7.99. The van der Waals surface area contributed by atoms with E-state index in [2.05, 4.69) is 205 Å². The fourth-order valence-electron chi connectivity index (χ4n) is 6.38. The van der Waals surface area contributed by atoms with E-state index in [1.807, 2.05) is 0 Å². The largest absolute Gasteiger partial charge is 0.140 e. The molecule has 4 heteroatoms. The average Bonchev–Trinajstić information content (AvgIpc) is 3.10. The van der Waals surface area contributed by atoms with Crippen molar-refractivity contribution in [3.8, 4) is 66.8 Å². The molecule has 46 heavy (non-hydrogen) atoms. The molecular weight excluding hydrogens is 686 g/mol. The van der Waals surface area contributed by atoms with E-state index in [1.54, 1.807) is 0 Å². The van der Waals surface area contributed by atoms with Gasteiger partial charge in [-0.15, -0.1) is 0 Å². The fraction of sp³-hybridized carbons (Fsp3) is 0. The molecule has 0 nitrogen and oxygen atoms in total. The third kappa shape index (κ3) is 5.96. The van der Waals surface area contributed by atoms with Crippen LogP contribution in [0, 0.1) is 0 Å². The van der Waals surface area contributed by atoms with E-state index < -0.39 is 0 Å².